The van der Waals surface area contributed by atoms with Crippen molar-refractivity contribution in [2.24, 2.45) is 5.73 Å². The van der Waals surface area contributed by atoms with E-state index in [2.05, 4.69) is 0 Å². The third-order valence-electron chi connectivity index (χ3n) is 3.85. The van der Waals surface area contributed by atoms with Crippen LogP contribution in [0.5, 0.6) is 0 Å². The number of nitrogens with zero attached hydrogens (tertiary/aromatic N) is 1. The summed E-state index contributed by atoms with van der Waals surface area (Å²) in [7, 11) is 2.52. The number of ether oxygens (including phenoxy) is 1. The van der Waals surface area contributed by atoms with E-state index in [0.717, 1.165) is 10.6 Å². The molecule has 0 aliphatic carbocycles. The Morgan fingerprint density at radius 2 is 1.88 bits per heavy atom. The second kappa shape index (κ2) is 10.0. The van der Waals surface area contributed by atoms with Crippen LogP contribution in [-0.4, -0.2) is 48.5 Å². The standard InChI is InChI=1S/C17H26N2O5/c1-23-17(16(21)22,12-6-7-13-18)19(24-2)15(20)11-10-14-8-4-3-5-9-14/h3-5,8-9H,6-7,10-13,18H2,1-2H3,(H,21,22)/t17-/m1/s1. The van der Waals surface area contributed by atoms with Crippen molar-refractivity contribution in [2.45, 2.75) is 37.8 Å². The van der Waals surface area contributed by atoms with Crippen molar-refractivity contribution in [1.82, 2.24) is 5.06 Å². The molecule has 7 heteroatoms. The lowest BCUT2D eigenvalue weighted by molar-refractivity contribution is -0.275. The molecule has 7 nitrogen and oxygen atoms in total. The fraction of sp³-hybridized carbons (Fsp3) is 0.529. The van der Waals surface area contributed by atoms with Gasteiger partial charge in [0.25, 0.3) is 5.72 Å². The van der Waals surface area contributed by atoms with Crippen molar-refractivity contribution in [1.29, 1.82) is 0 Å². The van der Waals surface area contributed by atoms with Gasteiger partial charge in [0.2, 0.25) is 5.91 Å². The SMILES string of the molecule is CON(C(=O)CCc1ccccc1)[C@](CCCCN)(OC)C(=O)O. The zero-order valence-electron chi connectivity index (χ0n) is 14.2. The monoisotopic (exact) mass is 338 g/mol. The molecule has 1 amide bonds. The molecule has 1 rings (SSSR count). The Morgan fingerprint density at radius 3 is 2.38 bits per heavy atom. The van der Waals surface area contributed by atoms with E-state index in [1.807, 2.05) is 30.3 Å². The number of carbonyl (C=O) groups excluding carboxylic acids is 1. The van der Waals surface area contributed by atoms with Gasteiger partial charge in [-0.1, -0.05) is 30.3 Å². The minimum absolute atomic E-state index is 0.0982. The first-order valence-electron chi connectivity index (χ1n) is 7.91. The normalized spacial score (nSPS) is 13.3. The molecule has 0 aliphatic heterocycles. The third-order valence-corrected chi connectivity index (χ3v) is 3.85. The van der Waals surface area contributed by atoms with Crippen LogP contribution < -0.4 is 5.73 Å². The summed E-state index contributed by atoms with van der Waals surface area (Å²) >= 11 is 0. The average Bonchev–Trinajstić information content (AvgIpc) is 2.60. The van der Waals surface area contributed by atoms with Crippen LogP contribution in [0.15, 0.2) is 30.3 Å². The van der Waals surface area contributed by atoms with Crippen molar-refractivity contribution < 1.29 is 24.3 Å². The Morgan fingerprint density at radius 1 is 1.21 bits per heavy atom. The number of hydroxylamine groups is 2. The van der Waals surface area contributed by atoms with Crippen LogP contribution in [0.4, 0.5) is 0 Å². The van der Waals surface area contributed by atoms with Gasteiger partial charge in [0.05, 0.1) is 7.11 Å². The largest absolute Gasteiger partial charge is 0.478 e. The Kier molecular flexibility index (Phi) is 8.39. The molecule has 0 spiro atoms. The summed E-state index contributed by atoms with van der Waals surface area (Å²) in [6.45, 7) is 0.439. The number of carboxylic acids is 1. The van der Waals surface area contributed by atoms with Crippen LogP contribution in [-0.2, 0) is 25.6 Å². The summed E-state index contributed by atoms with van der Waals surface area (Å²) in [6, 6.07) is 9.48. The highest BCUT2D eigenvalue weighted by molar-refractivity contribution is 5.85. The number of methoxy groups -OCH3 is 1. The number of carboxylic acid groups (broad SMARTS) is 1. The van der Waals surface area contributed by atoms with Crippen LogP contribution in [0.3, 0.4) is 0 Å². The first-order chi connectivity index (χ1) is 11.5. The first kappa shape index (κ1) is 20.1. The maximum atomic E-state index is 12.5. The number of benzene rings is 1. The minimum Gasteiger partial charge on any atom is -0.478 e. The van der Waals surface area contributed by atoms with Crippen molar-refractivity contribution in [2.75, 3.05) is 20.8 Å². The number of carbonyl (C=O) groups is 2. The Labute approximate surface area is 142 Å². The van der Waals surface area contributed by atoms with Gasteiger partial charge >= 0.3 is 5.97 Å². The minimum atomic E-state index is -1.85. The second-order valence-electron chi connectivity index (χ2n) is 5.40. The van der Waals surface area contributed by atoms with Crippen LogP contribution in [0.2, 0.25) is 0 Å². The Hall–Kier alpha value is -1.96. The quantitative estimate of drug-likeness (QED) is 0.361. The van der Waals surface area contributed by atoms with Gasteiger partial charge in [-0.05, 0) is 31.4 Å². The van der Waals surface area contributed by atoms with Gasteiger partial charge in [-0.15, -0.1) is 0 Å². The van der Waals surface area contributed by atoms with Crippen molar-refractivity contribution in [3.63, 3.8) is 0 Å². The summed E-state index contributed by atoms with van der Waals surface area (Å²) in [4.78, 5) is 29.4. The average molecular weight is 338 g/mol. The summed E-state index contributed by atoms with van der Waals surface area (Å²) in [6.07, 6.45) is 1.84. The molecule has 0 fully saturated rings. The maximum Gasteiger partial charge on any atom is 0.359 e. The maximum absolute atomic E-state index is 12.5. The third kappa shape index (κ3) is 5.02. The van der Waals surface area contributed by atoms with Crippen LogP contribution in [0.1, 0.15) is 31.2 Å². The fourth-order valence-electron chi connectivity index (χ4n) is 2.52. The summed E-state index contributed by atoms with van der Waals surface area (Å²) in [5, 5.41) is 10.5. The molecular formula is C17H26N2O5. The number of amides is 1. The van der Waals surface area contributed by atoms with E-state index in [1.165, 1.54) is 14.2 Å². The van der Waals surface area contributed by atoms with E-state index in [9.17, 15) is 14.7 Å². The van der Waals surface area contributed by atoms with E-state index in [0.29, 0.717) is 25.8 Å². The predicted molar refractivity (Wildman–Crippen MR) is 88.9 cm³/mol. The molecule has 0 radical (unpaired) electrons. The van der Waals surface area contributed by atoms with Crippen molar-refractivity contribution in [3.05, 3.63) is 35.9 Å². The highest BCUT2D eigenvalue weighted by Gasteiger charge is 2.47. The van der Waals surface area contributed by atoms with E-state index >= 15 is 0 Å². The number of rotatable bonds is 11. The number of unbranched alkanes of at least 4 members (excludes halogenated alkanes) is 1. The van der Waals surface area contributed by atoms with Crippen LogP contribution >= 0.6 is 0 Å². The molecule has 0 saturated heterocycles. The highest BCUT2D eigenvalue weighted by Crippen LogP contribution is 2.26. The lowest BCUT2D eigenvalue weighted by Gasteiger charge is -2.37. The van der Waals surface area contributed by atoms with Gasteiger partial charge < -0.3 is 15.6 Å². The molecule has 24 heavy (non-hydrogen) atoms. The lowest BCUT2D eigenvalue weighted by Crippen LogP contribution is -2.58. The lowest BCUT2D eigenvalue weighted by atomic mass is 10.0. The molecular weight excluding hydrogens is 312 g/mol. The predicted octanol–water partition coefficient (Wildman–Crippen LogP) is 1.57. The van der Waals surface area contributed by atoms with Gasteiger partial charge in [0, 0.05) is 20.0 Å². The van der Waals surface area contributed by atoms with E-state index in [4.69, 9.17) is 15.3 Å². The number of hydrogen-bond acceptors (Lipinski definition) is 5. The molecule has 0 unspecified atom stereocenters. The van der Waals surface area contributed by atoms with Gasteiger partial charge in [-0.3, -0.25) is 9.63 Å². The number of aliphatic carboxylic acids is 1. The number of hydrogen-bond donors (Lipinski definition) is 2. The molecule has 1 aromatic rings. The zero-order valence-corrected chi connectivity index (χ0v) is 14.2. The molecule has 0 saturated carbocycles. The van der Waals surface area contributed by atoms with Gasteiger partial charge in [0.15, 0.2) is 0 Å². The number of nitrogens with two attached hydrogens (primary N) is 1. The number of aryl methyl sites for hydroxylation is 1. The van der Waals surface area contributed by atoms with Crippen molar-refractivity contribution in [3.8, 4) is 0 Å². The van der Waals surface area contributed by atoms with Crippen molar-refractivity contribution >= 4 is 11.9 Å². The van der Waals surface area contributed by atoms with Gasteiger partial charge in [-0.25, -0.2) is 4.79 Å². The molecule has 1 aromatic carbocycles. The van der Waals surface area contributed by atoms with E-state index < -0.39 is 17.6 Å². The first-order valence-corrected chi connectivity index (χ1v) is 7.91. The molecule has 0 aromatic heterocycles. The Balaban J connectivity index is 2.86. The molecule has 0 heterocycles. The molecule has 3 N–H and O–H groups in total. The van der Waals surface area contributed by atoms with Gasteiger partial charge in [0.1, 0.15) is 0 Å². The van der Waals surface area contributed by atoms with Gasteiger partial charge in [-0.2, -0.15) is 5.06 Å². The molecule has 0 bridgehead atoms. The smallest absolute Gasteiger partial charge is 0.359 e. The summed E-state index contributed by atoms with van der Waals surface area (Å²) < 4.78 is 5.21. The topological polar surface area (TPSA) is 102 Å². The van der Waals surface area contributed by atoms with Crippen LogP contribution in [0, 0.1) is 0 Å². The second-order valence-corrected chi connectivity index (χ2v) is 5.40. The molecule has 0 aliphatic rings. The zero-order chi connectivity index (χ0) is 18.0. The fourth-order valence-corrected chi connectivity index (χ4v) is 2.52. The molecule has 134 valence electrons. The molecule has 1 atom stereocenters. The Bertz CT molecular complexity index is 523. The summed E-state index contributed by atoms with van der Waals surface area (Å²) in [5.41, 5.74) is 4.60. The highest BCUT2D eigenvalue weighted by atomic mass is 16.7. The van der Waals surface area contributed by atoms with Crippen LogP contribution in [0.25, 0.3) is 0 Å². The summed E-state index contributed by atoms with van der Waals surface area (Å²) in [5.74, 6) is -1.71. The van der Waals surface area contributed by atoms with E-state index in [1.54, 1.807) is 0 Å². The van der Waals surface area contributed by atoms with E-state index in [-0.39, 0.29) is 12.8 Å².